The van der Waals surface area contributed by atoms with Crippen LogP contribution in [0.5, 0.6) is 0 Å². The van der Waals surface area contributed by atoms with Gasteiger partial charge in [0.25, 0.3) is 5.56 Å². The third-order valence-electron chi connectivity index (χ3n) is 1.32. The van der Waals surface area contributed by atoms with Crippen LogP contribution in [0, 0.1) is 0 Å². The monoisotopic (exact) mass is 173 g/mol. The smallest absolute Gasteiger partial charge is 0.298 e. The van der Waals surface area contributed by atoms with Gasteiger partial charge in [0.15, 0.2) is 0 Å². The summed E-state index contributed by atoms with van der Waals surface area (Å²) in [5.74, 6) is 0. The van der Waals surface area contributed by atoms with E-state index in [2.05, 4.69) is 0 Å². The first-order valence-corrected chi connectivity index (χ1v) is 3.10. The molecule has 0 aliphatic rings. The molecule has 0 aromatic carbocycles. The van der Waals surface area contributed by atoms with Crippen LogP contribution in [0.1, 0.15) is 16.9 Å². The molecule has 1 heterocycles. The number of aromatic nitrogens is 1. The minimum atomic E-state index is -2.86. The first kappa shape index (κ1) is 8.58. The van der Waals surface area contributed by atoms with E-state index in [-0.39, 0.29) is 10.1 Å². The van der Waals surface area contributed by atoms with E-state index in [0.717, 1.165) is 18.3 Å². The zero-order chi connectivity index (χ0) is 9.14. The number of nitrogens with zero attached hydrogens (tertiary/aromatic N) is 1. The van der Waals surface area contributed by atoms with Crippen LogP contribution in [0.25, 0.3) is 0 Å². The number of carbonyl (C=O) groups excluding carboxylic acids is 1. The van der Waals surface area contributed by atoms with Crippen LogP contribution in [0.2, 0.25) is 0 Å². The first-order chi connectivity index (χ1) is 5.65. The highest BCUT2D eigenvalue weighted by molar-refractivity contribution is 5.74. The molecule has 1 rings (SSSR count). The number of rotatable bonds is 2. The van der Waals surface area contributed by atoms with Crippen molar-refractivity contribution in [3.8, 4) is 0 Å². The third-order valence-corrected chi connectivity index (χ3v) is 1.32. The van der Waals surface area contributed by atoms with Crippen molar-refractivity contribution >= 4 is 6.29 Å². The minimum Gasteiger partial charge on any atom is -0.298 e. The summed E-state index contributed by atoms with van der Waals surface area (Å²) in [5.41, 5.74) is -0.786. The summed E-state index contributed by atoms with van der Waals surface area (Å²) in [6.45, 7) is -2.86. The largest absolute Gasteiger partial charge is 0.321 e. The molecule has 0 spiro atoms. The van der Waals surface area contributed by atoms with Crippen LogP contribution >= 0.6 is 0 Å². The van der Waals surface area contributed by atoms with Gasteiger partial charge in [0.05, 0.1) is 0 Å². The SMILES string of the molecule is O=Cc1ccn(C(F)F)c(=O)c1. The Hall–Kier alpha value is -1.52. The van der Waals surface area contributed by atoms with Gasteiger partial charge in [-0.3, -0.25) is 14.2 Å². The summed E-state index contributed by atoms with van der Waals surface area (Å²) < 4.78 is 24.1. The zero-order valence-electron chi connectivity index (χ0n) is 5.91. The molecule has 1 aromatic heterocycles. The predicted octanol–water partition coefficient (Wildman–Crippen LogP) is 1.06. The highest BCUT2D eigenvalue weighted by Gasteiger charge is 2.06. The van der Waals surface area contributed by atoms with Gasteiger partial charge in [-0.15, -0.1) is 0 Å². The molecule has 0 atom stereocenters. The molecule has 0 N–H and O–H groups in total. The lowest BCUT2D eigenvalue weighted by Gasteiger charge is -2.01. The van der Waals surface area contributed by atoms with Crippen LogP contribution in [0.4, 0.5) is 8.78 Å². The average molecular weight is 173 g/mol. The second-order valence-electron chi connectivity index (χ2n) is 2.10. The second kappa shape index (κ2) is 3.25. The van der Waals surface area contributed by atoms with Crippen LogP contribution in [-0.2, 0) is 0 Å². The van der Waals surface area contributed by atoms with Crippen molar-refractivity contribution in [3.63, 3.8) is 0 Å². The molecule has 5 heteroatoms. The van der Waals surface area contributed by atoms with Crippen molar-refractivity contribution in [1.29, 1.82) is 0 Å². The Bertz CT molecular complexity index is 346. The lowest BCUT2D eigenvalue weighted by Crippen LogP contribution is -2.19. The fraction of sp³-hybridized carbons (Fsp3) is 0.143. The summed E-state index contributed by atoms with van der Waals surface area (Å²) in [6.07, 6.45) is 1.31. The standard InChI is InChI=1S/C7H5F2NO2/c8-7(9)10-2-1-5(4-11)3-6(10)12/h1-4,7H. The minimum absolute atomic E-state index is 0.0944. The molecule has 0 unspecified atom stereocenters. The van der Waals surface area contributed by atoms with Crippen LogP contribution in [0.15, 0.2) is 23.1 Å². The molecular formula is C7H5F2NO2. The molecule has 0 radical (unpaired) electrons. The predicted molar refractivity (Wildman–Crippen MR) is 37.3 cm³/mol. The summed E-state index contributed by atoms with van der Waals surface area (Å²) in [5, 5.41) is 0. The first-order valence-electron chi connectivity index (χ1n) is 3.10. The maximum atomic E-state index is 11.9. The van der Waals surface area contributed by atoms with Gasteiger partial charge in [-0.2, -0.15) is 8.78 Å². The normalized spacial score (nSPS) is 10.2. The molecule has 0 aliphatic heterocycles. The zero-order valence-corrected chi connectivity index (χ0v) is 5.91. The lowest BCUT2D eigenvalue weighted by molar-refractivity contribution is 0.0662. The van der Waals surface area contributed by atoms with Gasteiger partial charge in [-0.05, 0) is 6.07 Å². The molecule has 12 heavy (non-hydrogen) atoms. The lowest BCUT2D eigenvalue weighted by atomic mass is 10.3. The van der Waals surface area contributed by atoms with Gasteiger partial charge >= 0.3 is 6.55 Å². The Labute approximate surface area is 66.2 Å². The van der Waals surface area contributed by atoms with Crippen molar-refractivity contribution in [1.82, 2.24) is 4.57 Å². The van der Waals surface area contributed by atoms with Crippen molar-refractivity contribution in [2.24, 2.45) is 0 Å². The topological polar surface area (TPSA) is 39.1 Å². The summed E-state index contributed by atoms with van der Waals surface area (Å²) in [7, 11) is 0. The maximum absolute atomic E-state index is 11.9. The second-order valence-corrected chi connectivity index (χ2v) is 2.10. The number of halogens is 2. The van der Waals surface area contributed by atoms with Gasteiger partial charge < -0.3 is 0 Å². The van der Waals surface area contributed by atoms with Crippen molar-refractivity contribution < 1.29 is 13.6 Å². The molecule has 64 valence electrons. The molecule has 0 aliphatic carbocycles. The number of alkyl halides is 2. The fourth-order valence-electron chi connectivity index (χ4n) is 0.740. The van der Waals surface area contributed by atoms with Crippen LogP contribution < -0.4 is 5.56 Å². The van der Waals surface area contributed by atoms with E-state index in [0.29, 0.717) is 6.29 Å². The molecule has 0 saturated carbocycles. The van der Waals surface area contributed by atoms with Crippen LogP contribution in [-0.4, -0.2) is 10.9 Å². The van der Waals surface area contributed by atoms with Crippen LogP contribution in [0.3, 0.4) is 0 Å². The molecule has 0 fully saturated rings. The summed E-state index contributed by atoms with van der Waals surface area (Å²) in [6, 6.07) is 2.01. The number of aldehydes is 1. The third kappa shape index (κ3) is 1.55. The highest BCUT2D eigenvalue weighted by Crippen LogP contribution is 2.05. The van der Waals surface area contributed by atoms with Gasteiger partial charge in [0.2, 0.25) is 0 Å². The molecule has 1 aromatic rings. The Morgan fingerprint density at radius 2 is 2.17 bits per heavy atom. The van der Waals surface area contributed by atoms with Gasteiger partial charge in [0.1, 0.15) is 6.29 Å². The van der Waals surface area contributed by atoms with E-state index in [4.69, 9.17) is 0 Å². The molecule has 0 saturated heterocycles. The summed E-state index contributed by atoms with van der Waals surface area (Å²) >= 11 is 0. The van der Waals surface area contributed by atoms with Crippen molar-refractivity contribution in [2.45, 2.75) is 6.55 Å². The van der Waals surface area contributed by atoms with Gasteiger partial charge in [-0.25, -0.2) is 0 Å². The Morgan fingerprint density at radius 3 is 2.58 bits per heavy atom. The number of hydrogen-bond donors (Lipinski definition) is 0. The maximum Gasteiger partial charge on any atom is 0.321 e. The molecule has 0 bridgehead atoms. The van der Waals surface area contributed by atoms with E-state index < -0.39 is 12.1 Å². The Balaban J connectivity index is 3.21. The van der Waals surface area contributed by atoms with E-state index in [9.17, 15) is 18.4 Å². The van der Waals surface area contributed by atoms with Crippen molar-refractivity contribution in [2.75, 3.05) is 0 Å². The molecule has 3 nitrogen and oxygen atoms in total. The quantitative estimate of drug-likeness (QED) is 0.627. The van der Waals surface area contributed by atoms with E-state index >= 15 is 0 Å². The Kier molecular flexibility index (Phi) is 2.32. The summed E-state index contributed by atoms with van der Waals surface area (Å²) in [4.78, 5) is 20.9. The van der Waals surface area contributed by atoms with E-state index in [1.807, 2.05) is 0 Å². The van der Waals surface area contributed by atoms with Gasteiger partial charge in [0, 0.05) is 17.8 Å². The number of carbonyl (C=O) groups is 1. The van der Waals surface area contributed by atoms with E-state index in [1.54, 1.807) is 0 Å². The van der Waals surface area contributed by atoms with E-state index in [1.165, 1.54) is 0 Å². The molecule has 0 amide bonds. The number of hydrogen-bond acceptors (Lipinski definition) is 2. The number of pyridine rings is 1. The molecular weight excluding hydrogens is 168 g/mol. The Morgan fingerprint density at radius 1 is 1.50 bits per heavy atom. The fourth-order valence-corrected chi connectivity index (χ4v) is 0.740. The average Bonchev–Trinajstić information content (AvgIpc) is 2.03. The highest BCUT2D eigenvalue weighted by atomic mass is 19.3. The van der Waals surface area contributed by atoms with Gasteiger partial charge in [-0.1, -0.05) is 0 Å². The van der Waals surface area contributed by atoms with Crippen molar-refractivity contribution in [3.05, 3.63) is 34.2 Å².